The van der Waals surface area contributed by atoms with Gasteiger partial charge in [-0.25, -0.2) is 12.7 Å². The van der Waals surface area contributed by atoms with Crippen LogP contribution in [0.25, 0.3) is 0 Å². The van der Waals surface area contributed by atoms with Crippen LogP contribution in [0.3, 0.4) is 0 Å². The van der Waals surface area contributed by atoms with E-state index in [0.29, 0.717) is 29.7 Å². The van der Waals surface area contributed by atoms with Crippen LogP contribution in [-0.2, 0) is 20.5 Å². The summed E-state index contributed by atoms with van der Waals surface area (Å²) in [6, 6.07) is 6.96. The highest BCUT2D eigenvalue weighted by atomic mass is 35.5. The number of nitrogens with zero attached hydrogens (tertiary/aromatic N) is 1. The van der Waals surface area contributed by atoms with Crippen molar-refractivity contribution in [1.82, 2.24) is 4.31 Å². The molecule has 4 nitrogen and oxygen atoms in total. The molecular weight excluding hydrogens is 286 g/mol. The Hall–Kier alpha value is -0.620. The normalized spacial score (nSPS) is 20.1. The van der Waals surface area contributed by atoms with Gasteiger partial charge in [0.1, 0.15) is 0 Å². The van der Waals surface area contributed by atoms with Gasteiger partial charge < -0.3 is 4.74 Å². The van der Waals surface area contributed by atoms with Gasteiger partial charge in [0, 0.05) is 25.2 Å². The Bertz CT molecular complexity index is 526. The van der Waals surface area contributed by atoms with Crippen LogP contribution in [0.1, 0.15) is 12.0 Å². The monoisotopic (exact) mass is 303 g/mol. The van der Waals surface area contributed by atoms with Crippen LogP contribution in [0.5, 0.6) is 0 Å². The number of hydrogen-bond acceptors (Lipinski definition) is 3. The van der Waals surface area contributed by atoms with Gasteiger partial charge in [0.05, 0.1) is 12.4 Å². The molecule has 1 fully saturated rings. The summed E-state index contributed by atoms with van der Waals surface area (Å²) in [5.74, 6) is 0.289. The van der Waals surface area contributed by atoms with Crippen molar-refractivity contribution in [1.29, 1.82) is 0 Å². The fraction of sp³-hybridized carbons (Fsp3) is 0.538. The molecule has 1 heterocycles. The molecule has 1 aromatic carbocycles. The summed E-state index contributed by atoms with van der Waals surface area (Å²) >= 11 is 5.87. The van der Waals surface area contributed by atoms with Crippen LogP contribution in [0.4, 0.5) is 0 Å². The van der Waals surface area contributed by atoms with E-state index in [1.165, 1.54) is 4.31 Å². The van der Waals surface area contributed by atoms with Crippen molar-refractivity contribution in [3.63, 3.8) is 0 Å². The fourth-order valence-electron chi connectivity index (χ4n) is 2.15. The predicted octanol–water partition coefficient (Wildman–Crippen LogP) is 2.14. The second-order valence-corrected chi connectivity index (χ2v) is 7.41. The Balaban J connectivity index is 2.00. The first-order chi connectivity index (χ1) is 8.97. The lowest BCUT2D eigenvalue weighted by atomic mass is 10.1. The van der Waals surface area contributed by atoms with Gasteiger partial charge in [0.2, 0.25) is 10.0 Å². The lowest BCUT2D eigenvalue weighted by Crippen LogP contribution is -2.33. The second-order valence-electron chi connectivity index (χ2n) is 4.90. The molecule has 6 heteroatoms. The maximum Gasteiger partial charge on any atom is 0.218 e. The van der Waals surface area contributed by atoms with Gasteiger partial charge in [-0.05, 0) is 30.0 Å². The van der Waals surface area contributed by atoms with E-state index in [4.69, 9.17) is 16.3 Å². The van der Waals surface area contributed by atoms with E-state index in [2.05, 4.69) is 0 Å². The first-order valence-corrected chi connectivity index (χ1v) is 8.22. The van der Waals surface area contributed by atoms with Gasteiger partial charge in [-0.1, -0.05) is 23.7 Å². The molecule has 0 radical (unpaired) electrons. The highest BCUT2D eigenvalue weighted by Crippen LogP contribution is 2.18. The number of sulfonamides is 1. The molecule has 1 atom stereocenters. The molecule has 1 aromatic rings. The third kappa shape index (κ3) is 4.18. The lowest BCUT2D eigenvalue weighted by molar-refractivity contribution is 0.182. The van der Waals surface area contributed by atoms with Crippen LogP contribution < -0.4 is 0 Å². The zero-order valence-corrected chi connectivity index (χ0v) is 12.5. The standard InChI is InChI=1S/C13H18ClNO3S/c1-15(8-12-5-6-18-9-12)19(16,17)10-11-3-2-4-13(14)7-11/h2-4,7,12H,5-6,8-10H2,1H3. The predicted molar refractivity (Wildman–Crippen MR) is 75.6 cm³/mol. The first kappa shape index (κ1) is 14.8. The molecule has 0 amide bonds. The summed E-state index contributed by atoms with van der Waals surface area (Å²) in [4.78, 5) is 0. The zero-order valence-electron chi connectivity index (χ0n) is 10.9. The maximum absolute atomic E-state index is 12.2. The van der Waals surface area contributed by atoms with Crippen molar-refractivity contribution in [3.8, 4) is 0 Å². The van der Waals surface area contributed by atoms with Crippen molar-refractivity contribution >= 4 is 21.6 Å². The van der Waals surface area contributed by atoms with Crippen molar-refractivity contribution in [2.75, 3.05) is 26.8 Å². The molecule has 19 heavy (non-hydrogen) atoms. The minimum atomic E-state index is -3.30. The molecule has 0 spiro atoms. The van der Waals surface area contributed by atoms with Crippen LogP contribution in [-0.4, -0.2) is 39.5 Å². The van der Waals surface area contributed by atoms with E-state index in [1.54, 1.807) is 31.3 Å². The van der Waals surface area contributed by atoms with Crippen molar-refractivity contribution in [2.45, 2.75) is 12.2 Å². The molecule has 0 bridgehead atoms. The van der Waals surface area contributed by atoms with Gasteiger partial charge in [-0.15, -0.1) is 0 Å². The third-order valence-corrected chi connectivity index (χ3v) is 5.28. The summed E-state index contributed by atoms with van der Waals surface area (Å²) in [6.07, 6.45) is 0.928. The summed E-state index contributed by atoms with van der Waals surface area (Å²) in [5.41, 5.74) is 0.710. The minimum absolute atomic E-state index is 0.0162. The van der Waals surface area contributed by atoms with E-state index in [-0.39, 0.29) is 5.75 Å². The zero-order chi connectivity index (χ0) is 13.9. The summed E-state index contributed by atoms with van der Waals surface area (Å²) < 4.78 is 31.2. The molecule has 1 aliphatic heterocycles. The second kappa shape index (κ2) is 6.22. The fourth-order valence-corrected chi connectivity index (χ4v) is 3.62. The van der Waals surface area contributed by atoms with Gasteiger partial charge in [-0.3, -0.25) is 0 Å². The SMILES string of the molecule is CN(CC1CCOC1)S(=O)(=O)Cc1cccc(Cl)c1. The molecule has 1 unspecified atom stereocenters. The third-order valence-electron chi connectivity index (χ3n) is 3.25. The molecule has 0 aromatic heterocycles. The van der Waals surface area contributed by atoms with Crippen molar-refractivity contribution in [3.05, 3.63) is 34.9 Å². The number of ether oxygens (including phenoxy) is 1. The molecule has 0 N–H and O–H groups in total. The van der Waals surface area contributed by atoms with Crippen LogP contribution >= 0.6 is 11.6 Å². The van der Waals surface area contributed by atoms with Crippen molar-refractivity contribution < 1.29 is 13.2 Å². The first-order valence-electron chi connectivity index (χ1n) is 6.23. The highest BCUT2D eigenvalue weighted by Gasteiger charge is 2.24. The van der Waals surface area contributed by atoms with Gasteiger partial charge in [-0.2, -0.15) is 0 Å². The smallest absolute Gasteiger partial charge is 0.218 e. The molecule has 1 saturated heterocycles. The molecule has 0 saturated carbocycles. The van der Waals surface area contributed by atoms with Crippen molar-refractivity contribution in [2.24, 2.45) is 5.92 Å². The van der Waals surface area contributed by atoms with Gasteiger partial charge in [0.15, 0.2) is 0 Å². The number of benzene rings is 1. The van der Waals surface area contributed by atoms with E-state index in [0.717, 1.165) is 13.0 Å². The largest absolute Gasteiger partial charge is 0.381 e. The van der Waals surface area contributed by atoms with E-state index in [1.807, 2.05) is 0 Å². The van der Waals surface area contributed by atoms with Crippen LogP contribution in [0, 0.1) is 5.92 Å². The van der Waals surface area contributed by atoms with Gasteiger partial charge in [0.25, 0.3) is 0 Å². The van der Waals surface area contributed by atoms with Crippen LogP contribution in [0.15, 0.2) is 24.3 Å². The average Bonchev–Trinajstić information content (AvgIpc) is 2.81. The number of rotatable bonds is 5. The Morgan fingerprint density at radius 1 is 1.47 bits per heavy atom. The van der Waals surface area contributed by atoms with Gasteiger partial charge >= 0.3 is 0 Å². The Morgan fingerprint density at radius 2 is 2.26 bits per heavy atom. The maximum atomic E-state index is 12.2. The van der Waals surface area contributed by atoms with Crippen LogP contribution in [0.2, 0.25) is 5.02 Å². The van der Waals surface area contributed by atoms with E-state index in [9.17, 15) is 8.42 Å². The molecule has 2 rings (SSSR count). The average molecular weight is 304 g/mol. The molecule has 0 aliphatic carbocycles. The number of halogens is 1. The van der Waals surface area contributed by atoms with E-state index < -0.39 is 10.0 Å². The summed E-state index contributed by atoms with van der Waals surface area (Å²) in [7, 11) is -1.68. The Labute approximate surface area is 119 Å². The van der Waals surface area contributed by atoms with E-state index >= 15 is 0 Å². The number of hydrogen-bond donors (Lipinski definition) is 0. The minimum Gasteiger partial charge on any atom is -0.381 e. The lowest BCUT2D eigenvalue weighted by Gasteiger charge is -2.20. The quantitative estimate of drug-likeness (QED) is 0.837. The molecular formula is C13H18ClNO3S. The highest BCUT2D eigenvalue weighted by molar-refractivity contribution is 7.88. The topological polar surface area (TPSA) is 46.6 Å². The molecule has 106 valence electrons. The summed E-state index contributed by atoms with van der Waals surface area (Å²) in [5, 5.41) is 0.555. The molecule has 1 aliphatic rings. The Kier molecular flexibility index (Phi) is 4.84. The Morgan fingerprint density at radius 3 is 2.89 bits per heavy atom. The summed E-state index contributed by atoms with van der Waals surface area (Å²) in [6.45, 7) is 1.90.